The summed E-state index contributed by atoms with van der Waals surface area (Å²) in [6, 6.07) is -0.584. The monoisotopic (exact) mass is 231 g/mol. The molecule has 0 aliphatic rings. The molecule has 4 heteroatoms. The second kappa shape index (κ2) is 7.63. The van der Waals surface area contributed by atoms with Crippen molar-refractivity contribution in [1.29, 1.82) is 0 Å². The number of rotatable bonds is 7. The Hall–Kier alpha value is -0.610. The van der Waals surface area contributed by atoms with Gasteiger partial charge in [0.1, 0.15) is 12.1 Å². The van der Waals surface area contributed by atoms with Crippen LogP contribution in [0.15, 0.2) is 0 Å². The van der Waals surface area contributed by atoms with E-state index in [0.29, 0.717) is 6.61 Å². The third-order valence-electron chi connectivity index (χ3n) is 2.33. The van der Waals surface area contributed by atoms with Crippen LogP contribution in [0, 0.1) is 5.92 Å². The zero-order valence-corrected chi connectivity index (χ0v) is 11.0. The molecule has 0 aromatic heterocycles. The molecule has 0 heterocycles. The summed E-state index contributed by atoms with van der Waals surface area (Å²) < 4.78 is 10.9. The van der Waals surface area contributed by atoms with E-state index >= 15 is 0 Å². The molecule has 4 nitrogen and oxygen atoms in total. The van der Waals surface area contributed by atoms with E-state index in [1.165, 1.54) is 0 Å². The van der Waals surface area contributed by atoms with E-state index in [1.807, 2.05) is 27.7 Å². The number of ether oxygens (including phenoxy) is 2. The standard InChI is InChI=1S/C12H25NO3/c1-6-7-15-10(5)11(8(2)3)16-12(14)9(4)13/h8-11H,6-7,13H2,1-5H3/t9-,10-,11+/m0/s1. The first-order chi connectivity index (χ1) is 7.40. The van der Waals surface area contributed by atoms with Crippen LogP contribution < -0.4 is 5.73 Å². The number of carbonyl (C=O) groups excluding carboxylic acids is 1. The minimum Gasteiger partial charge on any atom is -0.458 e. The molecule has 0 aliphatic heterocycles. The summed E-state index contributed by atoms with van der Waals surface area (Å²) in [7, 11) is 0. The Kier molecular flexibility index (Phi) is 7.34. The zero-order valence-electron chi connectivity index (χ0n) is 11.0. The molecular formula is C12H25NO3. The van der Waals surface area contributed by atoms with Gasteiger partial charge in [0.25, 0.3) is 0 Å². The quantitative estimate of drug-likeness (QED) is 0.678. The van der Waals surface area contributed by atoms with Gasteiger partial charge in [0.05, 0.1) is 6.10 Å². The summed E-state index contributed by atoms with van der Waals surface area (Å²) in [6.07, 6.45) is 0.629. The SMILES string of the molecule is CCCO[C@@H](C)[C@H](OC(=O)[C@H](C)N)C(C)C. The van der Waals surface area contributed by atoms with Crippen molar-refractivity contribution in [2.75, 3.05) is 6.61 Å². The van der Waals surface area contributed by atoms with E-state index in [2.05, 4.69) is 0 Å². The van der Waals surface area contributed by atoms with Gasteiger partial charge < -0.3 is 15.2 Å². The van der Waals surface area contributed by atoms with Gasteiger partial charge in [-0.05, 0) is 26.2 Å². The molecule has 0 rings (SSSR count). The Morgan fingerprint density at radius 2 is 1.81 bits per heavy atom. The lowest BCUT2D eigenvalue weighted by molar-refractivity contribution is -0.162. The van der Waals surface area contributed by atoms with Crippen molar-refractivity contribution in [2.45, 2.75) is 59.3 Å². The molecule has 3 atom stereocenters. The average Bonchev–Trinajstić information content (AvgIpc) is 2.21. The smallest absolute Gasteiger partial charge is 0.322 e. The second-order valence-corrected chi connectivity index (χ2v) is 4.51. The van der Waals surface area contributed by atoms with E-state index in [9.17, 15) is 4.79 Å². The Bertz CT molecular complexity index is 204. The van der Waals surface area contributed by atoms with E-state index in [0.717, 1.165) is 6.42 Å². The maximum absolute atomic E-state index is 11.4. The Morgan fingerprint density at radius 1 is 1.25 bits per heavy atom. The van der Waals surface area contributed by atoms with Crippen molar-refractivity contribution in [3.8, 4) is 0 Å². The predicted octanol–water partition coefficient (Wildman–Crippen LogP) is 1.72. The summed E-state index contributed by atoms with van der Waals surface area (Å²) in [5, 5.41) is 0. The molecular weight excluding hydrogens is 206 g/mol. The maximum atomic E-state index is 11.4. The van der Waals surface area contributed by atoms with Crippen LogP contribution in [-0.2, 0) is 14.3 Å². The number of carbonyl (C=O) groups is 1. The minimum atomic E-state index is -0.584. The van der Waals surface area contributed by atoms with Crippen LogP contribution in [-0.4, -0.2) is 30.8 Å². The lowest BCUT2D eigenvalue weighted by Gasteiger charge is -2.28. The topological polar surface area (TPSA) is 61.5 Å². The van der Waals surface area contributed by atoms with Gasteiger partial charge in [-0.2, -0.15) is 0 Å². The van der Waals surface area contributed by atoms with Crippen LogP contribution in [0.5, 0.6) is 0 Å². The molecule has 0 bridgehead atoms. The van der Waals surface area contributed by atoms with Crippen LogP contribution in [0.25, 0.3) is 0 Å². The number of esters is 1. The highest BCUT2D eigenvalue weighted by molar-refractivity contribution is 5.75. The van der Waals surface area contributed by atoms with Gasteiger partial charge in [-0.15, -0.1) is 0 Å². The molecule has 16 heavy (non-hydrogen) atoms. The first kappa shape index (κ1) is 15.4. The molecule has 0 saturated heterocycles. The van der Waals surface area contributed by atoms with Gasteiger partial charge in [-0.25, -0.2) is 0 Å². The van der Waals surface area contributed by atoms with Crippen LogP contribution in [0.4, 0.5) is 0 Å². The van der Waals surface area contributed by atoms with Crippen LogP contribution in [0.1, 0.15) is 41.0 Å². The van der Waals surface area contributed by atoms with Crippen molar-refractivity contribution in [1.82, 2.24) is 0 Å². The third-order valence-corrected chi connectivity index (χ3v) is 2.33. The molecule has 0 unspecified atom stereocenters. The van der Waals surface area contributed by atoms with Crippen LogP contribution >= 0.6 is 0 Å². The van der Waals surface area contributed by atoms with E-state index in [-0.39, 0.29) is 24.1 Å². The second-order valence-electron chi connectivity index (χ2n) is 4.51. The highest BCUT2D eigenvalue weighted by Gasteiger charge is 2.26. The maximum Gasteiger partial charge on any atom is 0.322 e. The molecule has 0 aromatic carbocycles. The van der Waals surface area contributed by atoms with E-state index in [1.54, 1.807) is 6.92 Å². The highest BCUT2D eigenvalue weighted by Crippen LogP contribution is 2.15. The van der Waals surface area contributed by atoms with E-state index < -0.39 is 6.04 Å². The average molecular weight is 231 g/mol. The van der Waals surface area contributed by atoms with Crippen LogP contribution in [0.3, 0.4) is 0 Å². The molecule has 0 spiro atoms. The summed E-state index contributed by atoms with van der Waals surface area (Å²) in [4.78, 5) is 11.4. The zero-order chi connectivity index (χ0) is 12.7. The lowest BCUT2D eigenvalue weighted by atomic mass is 10.0. The Morgan fingerprint density at radius 3 is 2.19 bits per heavy atom. The molecule has 0 amide bonds. The first-order valence-electron chi connectivity index (χ1n) is 5.97. The normalized spacial score (nSPS) is 16.9. The molecule has 0 fully saturated rings. The Labute approximate surface area is 98.5 Å². The van der Waals surface area contributed by atoms with Crippen molar-refractivity contribution in [3.63, 3.8) is 0 Å². The number of hydrogen-bond acceptors (Lipinski definition) is 4. The van der Waals surface area contributed by atoms with Crippen LogP contribution in [0.2, 0.25) is 0 Å². The predicted molar refractivity (Wildman–Crippen MR) is 64.1 cm³/mol. The Balaban J connectivity index is 4.31. The fraction of sp³-hybridized carbons (Fsp3) is 0.917. The summed E-state index contributed by atoms with van der Waals surface area (Å²) in [6.45, 7) is 10.3. The molecule has 96 valence electrons. The molecule has 0 radical (unpaired) electrons. The summed E-state index contributed by atoms with van der Waals surface area (Å²) in [5.41, 5.74) is 5.47. The molecule has 2 N–H and O–H groups in total. The molecule has 0 aliphatic carbocycles. The number of nitrogens with two attached hydrogens (primary N) is 1. The van der Waals surface area contributed by atoms with Crippen molar-refractivity contribution in [3.05, 3.63) is 0 Å². The van der Waals surface area contributed by atoms with Gasteiger partial charge >= 0.3 is 5.97 Å². The summed E-state index contributed by atoms with van der Waals surface area (Å²) >= 11 is 0. The third kappa shape index (κ3) is 5.47. The van der Waals surface area contributed by atoms with E-state index in [4.69, 9.17) is 15.2 Å². The van der Waals surface area contributed by atoms with Crippen molar-refractivity contribution < 1.29 is 14.3 Å². The summed E-state index contributed by atoms with van der Waals surface area (Å²) in [5.74, 6) is -0.153. The fourth-order valence-electron chi connectivity index (χ4n) is 1.41. The minimum absolute atomic E-state index is 0.0948. The molecule has 0 aromatic rings. The lowest BCUT2D eigenvalue weighted by Crippen LogP contribution is -2.40. The van der Waals surface area contributed by atoms with Gasteiger partial charge in [0.15, 0.2) is 0 Å². The largest absolute Gasteiger partial charge is 0.458 e. The number of hydrogen-bond donors (Lipinski definition) is 1. The van der Waals surface area contributed by atoms with Crippen molar-refractivity contribution >= 4 is 5.97 Å². The molecule has 0 saturated carbocycles. The van der Waals surface area contributed by atoms with Crippen molar-refractivity contribution in [2.24, 2.45) is 11.7 Å². The van der Waals surface area contributed by atoms with Gasteiger partial charge in [-0.1, -0.05) is 20.8 Å². The first-order valence-corrected chi connectivity index (χ1v) is 5.97. The van der Waals surface area contributed by atoms with Gasteiger partial charge in [0.2, 0.25) is 0 Å². The fourth-order valence-corrected chi connectivity index (χ4v) is 1.41. The highest BCUT2D eigenvalue weighted by atomic mass is 16.6. The van der Waals surface area contributed by atoms with Gasteiger partial charge in [-0.3, -0.25) is 4.79 Å². The van der Waals surface area contributed by atoms with Gasteiger partial charge in [0, 0.05) is 6.61 Å².